The van der Waals surface area contributed by atoms with Crippen LogP contribution >= 0.6 is 0 Å². The van der Waals surface area contributed by atoms with Crippen molar-refractivity contribution in [2.75, 3.05) is 6.61 Å². The first-order chi connectivity index (χ1) is 5.50. The van der Waals surface area contributed by atoms with E-state index in [-0.39, 0.29) is 13.0 Å². The minimum Gasteiger partial charge on any atom is -0.479 e. The van der Waals surface area contributed by atoms with E-state index in [2.05, 4.69) is 0 Å². The van der Waals surface area contributed by atoms with Gasteiger partial charge in [0.25, 0.3) is 0 Å². The van der Waals surface area contributed by atoms with Crippen molar-refractivity contribution in [3.8, 4) is 0 Å². The molecule has 3 unspecified atom stereocenters. The maximum Gasteiger partial charge on any atom is 0.335 e. The zero-order valence-corrected chi connectivity index (χ0v) is 6.29. The number of carbonyl (C=O) groups is 1. The second kappa shape index (κ2) is 5.04. The number of hydrogen-bond acceptors (Lipinski definition) is 5. The van der Waals surface area contributed by atoms with Crippen molar-refractivity contribution >= 4 is 5.97 Å². The predicted octanol–water partition coefficient (Wildman–Crippen LogP) is -2.46. The van der Waals surface area contributed by atoms with Crippen molar-refractivity contribution in [2.45, 2.75) is 24.7 Å². The summed E-state index contributed by atoms with van der Waals surface area (Å²) >= 11 is 0. The van der Waals surface area contributed by atoms with Crippen LogP contribution in [0.3, 0.4) is 0 Å². The third-order valence-electron chi connectivity index (χ3n) is 1.40. The normalized spacial score (nSPS) is 18.3. The van der Waals surface area contributed by atoms with E-state index in [4.69, 9.17) is 25.5 Å². The number of rotatable bonds is 5. The highest BCUT2D eigenvalue weighted by atomic mass is 16.4. The molecule has 0 bridgehead atoms. The Morgan fingerprint density at radius 3 is 2.08 bits per heavy atom. The van der Waals surface area contributed by atoms with Crippen LogP contribution in [0.4, 0.5) is 0 Å². The number of aliphatic hydroxyl groups excluding tert-OH is 4. The first-order valence-corrected chi connectivity index (χ1v) is 3.38. The molecule has 0 fully saturated rings. The Bertz CT molecular complexity index is 147. The Morgan fingerprint density at radius 2 is 1.75 bits per heavy atom. The number of carboxylic acid groups (broad SMARTS) is 1. The fraction of sp³-hybridized carbons (Fsp3) is 0.833. The molecule has 0 aliphatic heterocycles. The Morgan fingerprint density at radius 1 is 1.25 bits per heavy atom. The zero-order chi connectivity index (χ0) is 9.72. The molecule has 0 amide bonds. The highest BCUT2D eigenvalue weighted by molar-refractivity contribution is 5.72. The number of hydrogen-bond donors (Lipinski definition) is 5. The van der Waals surface area contributed by atoms with Crippen LogP contribution in [0.5, 0.6) is 0 Å². The van der Waals surface area contributed by atoms with Gasteiger partial charge in [-0.1, -0.05) is 0 Å². The summed E-state index contributed by atoms with van der Waals surface area (Å²) in [5.41, 5.74) is 0. The lowest BCUT2D eigenvalue weighted by Gasteiger charge is -2.18. The molecule has 0 aliphatic carbocycles. The predicted molar refractivity (Wildman–Crippen MR) is 37.4 cm³/mol. The molecule has 72 valence electrons. The molecule has 0 saturated heterocycles. The Kier molecular flexibility index (Phi) is 4.75. The maximum atomic E-state index is 10.1. The van der Waals surface area contributed by atoms with Crippen LogP contribution in [0.25, 0.3) is 0 Å². The van der Waals surface area contributed by atoms with Crippen LogP contribution < -0.4 is 0 Å². The summed E-state index contributed by atoms with van der Waals surface area (Å²) < 4.78 is 0. The summed E-state index contributed by atoms with van der Waals surface area (Å²) in [6.45, 7) is -0.384. The van der Waals surface area contributed by atoms with Gasteiger partial charge in [-0.25, -0.2) is 4.79 Å². The molecule has 12 heavy (non-hydrogen) atoms. The molecule has 0 saturated carbocycles. The number of aliphatic hydroxyl groups is 4. The average molecular weight is 180 g/mol. The summed E-state index contributed by atoms with van der Waals surface area (Å²) in [4.78, 5) is 10.1. The minimum atomic E-state index is -2.02. The molecule has 3 atom stereocenters. The van der Waals surface area contributed by atoms with E-state index in [0.29, 0.717) is 0 Å². The maximum absolute atomic E-state index is 10.1. The molecule has 0 aliphatic rings. The molecule has 5 N–H and O–H groups in total. The van der Waals surface area contributed by atoms with Crippen LogP contribution in [-0.2, 0) is 4.79 Å². The van der Waals surface area contributed by atoms with Crippen molar-refractivity contribution in [1.82, 2.24) is 0 Å². The topological polar surface area (TPSA) is 118 Å². The van der Waals surface area contributed by atoms with E-state index >= 15 is 0 Å². The third-order valence-corrected chi connectivity index (χ3v) is 1.40. The second-order valence-corrected chi connectivity index (χ2v) is 2.35. The van der Waals surface area contributed by atoms with Gasteiger partial charge in [0.2, 0.25) is 0 Å². The van der Waals surface area contributed by atoms with Crippen molar-refractivity contribution in [1.29, 1.82) is 0 Å². The highest BCUT2D eigenvalue weighted by Gasteiger charge is 2.29. The van der Waals surface area contributed by atoms with Gasteiger partial charge in [0, 0.05) is 6.61 Å². The van der Waals surface area contributed by atoms with Crippen LogP contribution in [0, 0.1) is 0 Å². The number of aliphatic carboxylic acids is 1. The first-order valence-electron chi connectivity index (χ1n) is 3.38. The quantitative estimate of drug-likeness (QED) is 0.320. The molecule has 0 rings (SSSR count). The molecule has 0 aromatic heterocycles. The van der Waals surface area contributed by atoms with Crippen molar-refractivity contribution in [2.24, 2.45) is 0 Å². The van der Waals surface area contributed by atoms with E-state index in [0.717, 1.165) is 0 Å². The van der Waals surface area contributed by atoms with Gasteiger partial charge < -0.3 is 25.5 Å². The van der Waals surface area contributed by atoms with E-state index in [1.54, 1.807) is 0 Å². The molecular weight excluding hydrogens is 168 g/mol. The third kappa shape index (κ3) is 3.14. The Hall–Kier alpha value is -0.690. The monoisotopic (exact) mass is 180 g/mol. The summed E-state index contributed by atoms with van der Waals surface area (Å²) in [5, 5.41) is 43.0. The van der Waals surface area contributed by atoms with Gasteiger partial charge in [-0.05, 0) is 6.42 Å². The first kappa shape index (κ1) is 11.3. The summed E-state index contributed by atoms with van der Waals surface area (Å²) in [6, 6.07) is 0. The lowest BCUT2D eigenvalue weighted by molar-refractivity contribution is -0.158. The smallest absolute Gasteiger partial charge is 0.335 e. The number of carboxylic acids is 1. The van der Waals surface area contributed by atoms with Gasteiger partial charge in [-0.3, -0.25) is 0 Å². The van der Waals surface area contributed by atoms with Crippen LogP contribution in [0.15, 0.2) is 0 Å². The van der Waals surface area contributed by atoms with E-state index in [9.17, 15) is 4.79 Å². The highest BCUT2D eigenvalue weighted by Crippen LogP contribution is 2.03. The van der Waals surface area contributed by atoms with Gasteiger partial charge in [0.1, 0.15) is 6.10 Å². The molecular formula is C6H12O6. The van der Waals surface area contributed by atoms with Gasteiger partial charge in [0.05, 0.1) is 6.10 Å². The Balaban J connectivity index is 3.99. The van der Waals surface area contributed by atoms with Crippen LogP contribution in [0.1, 0.15) is 6.42 Å². The lowest BCUT2D eigenvalue weighted by Crippen LogP contribution is -2.42. The largest absolute Gasteiger partial charge is 0.479 e. The van der Waals surface area contributed by atoms with Crippen LogP contribution in [0.2, 0.25) is 0 Å². The van der Waals surface area contributed by atoms with Gasteiger partial charge in [-0.15, -0.1) is 0 Å². The molecule has 0 aromatic rings. The van der Waals surface area contributed by atoms with E-state index in [1.807, 2.05) is 0 Å². The Labute approximate surface area is 68.7 Å². The molecule has 0 spiro atoms. The summed E-state index contributed by atoms with van der Waals surface area (Å²) in [7, 11) is 0. The van der Waals surface area contributed by atoms with E-state index < -0.39 is 24.3 Å². The fourth-order valence-corrected chi connectivity index (χ4v) is 0.660. The molecule has 0 aromatic carbocycles. The molecule has 0 radical (unpaired) electrons. The van der Waals surface area contributed by atoms with Crippen molar-refractivity contribution in [3.63, 3.8) is 0 Å². The van der Waals surface area contributed by atoms with E-state index in [1.165, 1.54) is 0 Å². The minimum absolute atomic E-state index is 0.175. The summed E-state index contributed by atoms with van der Waals surface area (Å²) in [5.74, 6) is -1.61. The van der Waals surface area contributed by atoms with Gasteiger partial charge in [-0.2, -0.15) is 0 Å². The molecule has 6 heteroatoms. The van der Waals surface area contributed by atoms with Crippen LogP contribution in [-0.4, -0.2) is 56.4 Å². The van der Waals surface area contributed by atoms with Gasteiger partial charge >= 0.3 is 5.97 Å². The summed E-state index contributed by atoms with van der Waals surface area (Å²) in [6.07, 6.45) is -5.40. The van der Waals surface area contributed by atoms with Crippen molar-refractivity contribution < 1.29 is 30.3 Å². The zero-order valence-electron chi connectivity index (χ0n) is 6.29. The van der Waals surface area contributed by atoms with Gasteiger partial charge in [0.15, 0.2) is 6.10 Å². The average Bonchev–Trinajstić information content (AvgIpc) is 2.02. The standard InChI is InChI=1S/C6H12O6/c7-2-1-3(8)4(9)5(10)6(11)12/h3-5,7-10H,1-2H2,(H,11,12). The lowest BCUT2D eigenvalue weighted by atomic mass is 10.1. The SMILES string of the molecule is O=C(O)C(O)C(O)C(O)CCO. The molecule has 6 nitrogen and oxygen atoms in total. The second-order valence-electron chi connectivity index (χ2n) is 2.35. The van der Waals surface area contributed by atoms with Crippen molar-refractivity contribution in [3.05, 3.63) is 0 Å². The molecule has 0 heterocycles. The fourth-order valence-electron chi connectivity index (χ4n) is 0.660.